The van der Waals surface area contributed by atoms with Gasteiger partial charge < -0.3 is 20.2 Å². The standard InChI is InChI=1S/C33H55N5O4/c1-4-5-6-7-8-9-10-11-12-13-14-15-16-17-18-19-30(39)41-21-20-27(24-42-33(40)31(34)26(2)3)22-29-35-23-28-32(38-29)37-25-36-28/h14-15,23,25-27,31H,4-13,16-22,24,34H2,1-3H3,(H,35,36,37,38)/t27?,31-/m0/s1. The van der Waals surface area contributed by atoms with Gasteiger partial charge in [-0.3, -0.25) is 9.59 Å². The topological polar surface area (TPSA) is 133 Å². The fraction of sp³-hybridized carbons (Fsp3) is 0.727. The van der Waals surface area contributed by atoms with E-state index in [1.807, 2.05) is 13.8 Å². The lowest BCUT2D eigenvalue weighted by atomic mass is 10.0. The normalized spacial score (nSPS) is 13.2. The van der Waals surface area contributed by atoms with E-state index in [1.54, 1.807) is 12.5 Å². The quantitative estimate of drug-likeness (QED) is 0.0763. The van der Waals surface area contributed by atoms with Gasteiger partial charge >= 0.3 is 11.9 Å². The van der Waals surface area contributed by atoms with Gasteiger partial charge in [-0.2, -0.15) is 0 Å². The number of carbonyl (C=O) groups excluding carboxylic acids is 2. The molecule has 0 aromatic carbocycles. The van der Waals surface area contributed by atoms with E-state index in [2.05, 4.69) is 39.0 Å². The third kappa shape index (κ3) is 15.4. The maximum absolute atomic E-state index is 12.3. The average Bonchev–Trinajstić information content (AvgIpc) is 3.45. The summed E-state index contributed by atoms with van der Waals surface area (Å²) in [5.74, 6) is -0.162. The van der Waals surface area contributed by atoms with E-state index in [-0.39, 0.29) is 31.0 Å². The molecule has 42 heavy (non-hydrogen) atoms. The average molecular weight is 586 g/mol. The predicted octanol–water partition coefficient (Wildman–Crippen LogP) is 7.01. The molecule has 2 rings (SSSR count). The first-order chi connectivity index (χ1) is 20.4. The van der Waals surface area contributed by atoms with Crippen molar-refractivity contribution < 1.29 is 19.1 Å². The predicted molar refractivity (Wildman–Crippen MR) is 168 cm³/mol. The zero-order valence-corrected chi connectivity index (χ0v) is 26.3. The highest BCUT2D eigenvalue weighted by Crippen LogP contribution is 2.15. The van der Waals surface area contributed by atoms with Crippen molar-refractivity contribution in [3.05, 3.63) is 30.5 Å². The number of esters is 2. The van der Waals surface area contributed by atoms with Crippen LogP contribution in [0.4, 0.5) is 0 Å². The summed E-state index contributed by atoms with van der Waals surface area (Å²) in [6, 6.07) is -0.676. The maximum Gasteiger partial charge on any atom is 0.323 e. The van der Waals surface area contributed by atoms with Crippen LogP contribution in [0.5, 0.6) is 0 Å². The van der Waals surface area contributed by atoms with Gasteiger partial charge in [0.1, 0.15) is 17.4 Å². The maximum atomic E-state index is 12.3. The van der Waals surface area contributed by atoms with Crippen LogP contribution in [0.2, 0.25) is 0 Å². The number of fused-ring (bicyclic) bond motifs is 1. The Bertz CT molecular complexity index is 1040. The number of hydrogen-bond acceptors (Lipinski definition) is 8. The van der Waals surface area contributed by atoms with Crippen LogP contribution < -0.4 is 5.73 Å². The summed E-state index contributed by atoms with van der Waals surface area (Å²) in [4.78, 5) is 40.6. The monoisotopic (exact) mass is 585 g/mol. The molecule has 0 spiro atoms. The van der Waals surface area contributed by atoms with E-state index in [0.717, 1.165) is 31.2 Å². The van der Waals surface area contributed by atoms with Gasteiger partial charge in [0.2, 0.25) is 0 Å². The van der Waals surface area contributed by atoms with Crippen molar-refractivity contribution in [3.8, 4) is 0 Å². The van der Waals surface area contributed by atoms with Gasteiger partial charge in [-0.1, -0.05) is 84.3 Å². The molecular formula is C33H55N5O4. The van der Waals surface area contributed by atoms with E-state index in [9.17, 15) is 9.59 Å². The Labute approximate surface area is 252 Å². The first-order valence-corrected chi connectivity index (χ1v) is 16.3. The molecule has 0 saturated carbocycles. The van der Waals surface area contributed by atoms with Crippen molar-refractivity contribution >= 4 is 23.1 Å². The Balaban J connectivity index is 1.60. The smallest absolute Gasteiger partial charge is 0.323 e. The number of H-pyrrole nitrogens is 1. The summed E-state index contributed by atoms with van der Waals surface area (Å²) in [7, 11) is 0. The number of hydrogen-bond donors (Lipinski definition) is 2. The number of aromatic amines is 1. The number of ether oxygens (including phenoxy) is 2. The molecule has 0 bridgehead atoms. The molecule has 0 aliphatic heterocycles. The summed E-state index contributed by atoms with van der Waals surface area (Å²) in [5.41, 5.74) is 7.28. The summed E-state index contributed by atoms with van der Waals surface area (Å²) >= 11 is 0. The number of rotatable bonds is 24. The largest absolute Gasteiger partial charge is 0.466 e. The molecule has 0 aliphatic carbocycles. The first-order valence-electron chi connectivity index (χ1n) is 16.3. The van der Waals surface area contributed by atoms with Crippen LogP contribution in [0.1, 0.15) is 123 Å². The molecule has 236 valence electrons. The summed E-state index contributed by atoms with van der Waals surface area (Å²) < 4.78 is 11.0. The van der Waals surface area contributed by atoms with Crippen LogP contribution in [0.15, 0.2) is 24.7 Å². The first kappa shape index (κ1) is 35.4. The highest BCUT2D eigenvalue weighted by molar-refractivity contribution is 5.75. The molecule has 0 radical (unpaired) electrons. The number of unbranched alkanes of at least 4 members (excludes halogenated alkanes) is 11. The second-order valence-electron chi connectivity index (χ2n) is 11.7. The minimum atomic E-state index is -0.676. The molecule has 0 aliphatic rings. The molecule has 0 fully saturated rings. The van der Waals surface area contributed by atoms with Crippen molar-refractivity contribution in [2.75, 3.05) is 13.2 Å². The molecule has 3 N–H and O–H groups in total. The van der Waals surface area contributed by atoms with Crippen LogP contribution in [0, 0.1) is 11.8 Å². The number of aromatic nitrogens is 4. The SMILES string of the molecule is CCCCCCCCCCCC=CCCCCC(=O)OCCC(COC(=O)[C@@H](N)C(C)C)Cc1ncc2[nH]cnc2n1. The van der Waals surface area contributed by atoms with E-state index in [0.29, 0.717) is 30.7 Å². The fourth-order valence-corrected chi connectivity index (χ4v) is 4.69. The second kappa shape index (κ2) is 21.8. The molecule has 9 nitrogen and oxygen atoms in total. The van der Waals surface area contributed by atoms with Crippen LogP contribution in [0.25, 0.3) is 11.2 Å². The van der Waals surface area contributed by atoms with Gasteiger partial charge in [0.05, 0.1) is 25.7 Å². The Morgan fingerprint density at radius 1 is 0.929 bits per heavy atom. The lowest BCUT2D eigenvalue weighted by Crippen LogP contribution is -2.38. The lowest BCUT2D eigenvalue weighted by molar-refractivity contribution is -0.149. The molecule has 2 heterocycles. The second-order valence-corrected chi connectivity index (χ2v) is 11.7. The third-order valence-electron chi connectivity index (χ3n) is 7.58. The van der Waals surface area contributed by atoms with Crippen molar-refractivity contribution in [1.29, 1.82) is 0 Å². The van der Waals surface area contributed by atoms with E-state index in [4.69, 9.17) is 15.2 Å². The Morgan fingerprint density at radius 2 is 1.60 bits per heavy atom. The molecule has 1 unspecified atom stereocenters. The highest BCUT2D eigenvalue weighted by atomic mass is 16.5. The van der Waals surface area contributed by atoms with Gasteiger partial charge in [-0.05, 0) is 44.4 Å². The van der Waals surface area contributed by atoms with Gasteiger partial charge in [-0.25, -0.2) is 15.0 Å². The molecule has 2 aromatic rings. The van der Waals surface area contributed by atoms with Gasteiger partial charge in [0.25, 0.3) is 0 Å². The van der Waals surface area contributed by atoms with Crippen molar-refractivity contribution in [2.45, 2.75) is 130 Å². The summed E-state index contributed by atoms with van der Waals surface area (Å²) in [6.45, 7) is 6.43. The minimum Gasteiger partial charge on any atom is -0.466 e. The lowest BCUT2D eigenvalue weighted by Gasteiger charge is -2.19. The molecule has 0 saturated heterocycles. The summed E-state index contributed by atoms with van der Waals surface area (Å²) in [5, 5.41) is 0. The van der Waals surface area contributed by atoms with E-state index >= 15 is 0 Å². The molecule has 9 heteroatoms. The zero-order valence-electron chi connectivity index (χ0n) is 26.3. The van der Waals surface area contributed by atoms with Crippen LogP contribution >= 0.6 is 0 Å². The van der Waals surface area contributed by atoms with Gasteiger partial charge in [0.15, 0.2) is 5.65 Å². The Kier molecular flexibility index (Phi) is 18.4. The number of nitrogens with one attached hydrogen (secondary N) is 1. The highest BCUT2D eigenvalue weighted by Gasteiger charge is 2.22. The van der Waals surface area contributed by atoms with Gasteiger partial charge in [-0.15, -0.1) is 0 Å². The van der Waals surface area contributed by atoms with E-state index in [1.165, 1.54) is 57.8 Å². The summed E-state index contributed by atoms with van der Waals surface area (Å²) in [6.07, 6.45) is 25.3. The number of nitrogens with two attached hydrogens (primary N) is 1. The Hall–Kier alpha value is -2.81. The van der Waals surface area contributed by atoms with Crippen molar-refractivity contribution in [3.63, 3.8) is 0 Å². The van der Waals surface area contributed by atoms with Gasteiger partial charge in [0, 0.05) is 18.8 Å². The number of nitrogens with zero attached hydrogens (tertiary/aromatic N) is 3. The number of imidazole rings is 1. The molecule has 2 aromatic heterocycles. The van der Waals surface area contributed by atoms with E-state index < -0.39 is 12.0 Å². The number of carbonyl (C=O) groups is 2. The fourth-order valence-electron chi connectivity index (χ4n) is 4.69. The molecule has 2 atom stereocenters. The molecular weight excluding hydrogens is 530 g/mol. The zero-order chi connectivity index (χ0) is 30.4. The minimum absolute atomic E-state index is 0.0162. The van der Waals surface area contributed by atoms with Crippen molar-refractivity contribution in [1.82, 2.24) is 19.9 Å². The Morgan fingerprint density at radius 3 is 2.29 bits per heavy atom. The van der Waals surface area contributed by atoms with Crippen molar-refractivity contribution in [2.24, 2.45) is 17.6 Å². The van der Waals surface area contributed by atoms with Crippen LogP contribution in [0.3, 0.4) is 0 Å². The van der Waals surface area contributed by atoms with Crippen LogP contribution in [-0.4, -0.2) is 51.1 Å². The number of allylic oxidation sites excluding steroid dienone is 2. The van der Waals surface area contributed by atoms with Crippen LogP contribution in [-0.2, 0) is 25.5 Å². The molecule has 0 amide bonds. The third-order valence-corrected chi connectivity index (χ3v) is 7.58.